The van der Waals surface area contributed by atoms with Crippen molar-refractivity contribution in [3.05, 3.63) is 48.0 Å². The Hall–Kier alpha value is -1.57. The van der Waals surface area contributed by atoms with Crippen LogP contribution in [0.3, 0.4) is 0 Å². The molecule has 2 aromatic rings. The molecule has 148 valence electrons. The van der Waals surface area contributed by atoms with E-state index < -0.39 is 22.5 Å². The molecule has 0 spiro atoms. The molecule has 1 heterocycles. The molecule has 1 aliphatic heterocycles. The molecule has 0 amide bonds. The molecule has 0 N–H and O–H groups in total. The lowest BCUT2D eigenvalue weighted by atomic mass is 10.1. The van der Waals surface area contributed by atoms with Crippen molar-refractivity contribution in [1.29, 1.82) is 0 Å². The van der Waals surface area contributed by atoms with Crippen LogP contribution in [-0.2, 0) is 17.0 Å². The fraction of sp³-hybridized carbons (Fsp3) is 0.368. The van der Waals surface area contributed by atoms with Gasteiger partial charge < -0.3 is 9.80 Å². The number of alkyl halides is 3. The predicted molar refractivity (Wildman–Crippen MR) is 105 cm³/mol. The number of hydrogen-bond acceptors (Lipinski definition) is 3. The summed E-state index contributed by atoms with van der Waals surface area (Å²) in [6, 6.07) is 10.7. The number of hydrogen-bond donors (Lipinski definition) is 0. The number of anilines is 2. The van der Waals surface area contributed by atoms with Crippen molar-refractivity contribution in [3.8, 4) is 0 Å². The molecular formula is C19H22ClF3N2OS. The molecule has 0 aliphatic carbocycles. The first-order chi connectivity index (χ1) is 12.2. The second-order valence-corrected chi connectivity index (χ2v) is 8.31. The molecule has 0 fully saturated rings. The number of rotatable bonds is 4. The number of benzene rings is 2. The van der Waals surface area contributed by atoms with E-state index in [9.17, 15) is 17.4 Å². The molecule has 1 aliphatic rings. The van der Waals surface area contributed by atoms with E-state index in [1.807, 2.05) is 36.0 Å². The van der Waals surface area contributed by atoms with Crippen molar-refractivity contribution in [3.63, 3.8) is 0 Å². The van der Waals surface area contributed by atoms with Gasteiger partial charge in [0, 0.05) is 13.1 Å². The van der Waals surface area contributed by atoms with Gasteiger partial charge in [-0.25, -0.2) is 4.21 Å². The largest absolute Gasteiger partial charge is 0.416 e. The minimum atomic E-state index is -4.44. The Bertz CT molecular complexity index is 842. The van der Waals surface area contributed by atoms with Crippen molar-refractivity contribution in [2.24, 2.45) is 5.92 Å². The first kappa shape index (κ1) is 21.7. The van der Waals surface area contributed by atoms with E-state index in [0.29, 0.717) is 27.7 Å². The van der Waals surface area contributed by atoms with E-state index in [0.717, 1.165) is 18.7 Å². The summed E-state index contributed by atoms with van der Waals surface area (Å²) in [5.74, 6) is 0.215. The summed E-state index contributed by atoms with van der Waals surface area (Å²) in [5, 5.41) is 0. The van der Waals surface area contributed by atoms with Gasteiger partial charge in [0.15, 0.2) is 0 Å². The zero-order valence-corrected chi connectivity index (χ0v) is 16.9. The summed E-state index contributed by atoms with van der Waals surface area (Å²) >= 11 is 0. The molecule has 8 heteroatoms. The third kappa shape index (κ3) is 4.47. The smallest absolute Gasteiger partial charge is 0.339 e. The third-order valence-electron chi connectivity index (χ3n) is 4.30. The topological polar surface area (TPSA) is 23.6 Å². The quantitative estimate of drug-likeness (QED) is 0.702. The zero-order chi connectivity index (χ0) is 19.1. The Morgan fingerprint density at radius 3 is 2.33 bits per heavy atom. The molecule has 27 heavy (non-hydrogen) atoms. The Kier molecular flexibility index (Phi) is 6.60. The fourth-order valence-corrected chi connectivity index (χ4v) is 4.69. The van der Waals surface area contributed by atoms with Crippen molar-refractivity contribution < 1.29 is 17.4 Å². The van der Waals surface area contributed by atoms with Crippen LogP contribution in [0.5, 0.6) is 0 Å². The highest BCUT2D eigenvalue weighted by molar-refractivity contribution is 7.85. The van der Waals surface area contributed by atoms with Gasteiger partial charge in [0.25, 0.3) is 0 Å². The van der Waals surface area contributed by atoms with Crippen LogP contribution in [0.4, 0.5) is 24.5 Å². The van der Waals surface area contributed by atoms with Gasteiger partial charge in [-0.05, 0) is 50.3 Å². The van der Waals surface area contributed by atoms with Gasteiger partial charge in [0.05, 0.1) is 37.5 Å². The molecule has 0 aromatic heterocycles. The molecule has 0 bridgehead atoms. The van der Waals surface area contributed by atoms with E-state index in [-0.39, 0.29) is 18.3 Å². The zero-order valence-electron chi connectivity index (χ0n) is 15.3. The van der Waals surface area contributed by atoms with Crippen LogP contribution in [0.25, 0.3) is 0 Å². The summed E-state index contributed by atoms with van der Waals surface area (Å²) in [4.78, 5) is 4.98. The van der Waals surface area contributed by atoms with Crippen molar-refractivity contribution in [2.45, 2.75) is 22.9 Å². The standard InChI is InChI=1S/C19H21F3N2OS.ClH/c1-13(11-23(2)3)12-24-15-6-4-5-7-17(15)26(25)18-9-8-14(10-16(18)24)19(20,21)22;/h4-10,13H,11-12H2,1-3H3;1H. The second kappa shape index (κ2) is 8.20. The van der Waals surface area contributed by atoms with Crippen LogP contribution in [0.1, 0.15) is 12.5 Å². The van der Waals surface area contributed by atoms with Crippen LogP contribution in [-0.4, -0.2) is 36.3 Å². The van der Waals surface area contributed by atoms with E-state index >= 15 is 0 Å². The Balaban J connectivity index is 0.00000261. The number of nitrogens with zero attached hydrogens (tertiary/aromatic N) is 2. The van der Waals surface area contributed by atoms with Crippen LogP contribution in [0.15, 0.2) is 52.3 Å². The Morgan fingerprint density at radius 2 is 1.70 bits per heavy atom. The molecule has 0 saturated heterocycles. The Morgan fingerprint density at radius 1 is 1.07 bits per heavy atom. The number of fused-ring (bicyclic) bond motifs is 2. The maximum absolute atomic E-state index is 13.2. The molecule has 2 atom stereocenters. The van der Waals surface area contributed by atoms with Crippen LogP contribution in [0.2, 0.25) is 0 Å². The van der Waals surface area contributed by atoms with Crippen molar-refractivity contribution in [1.82, 2.24) is 4.90 Å². The predicted octanol–water partition coefficient (Wildman–Crippen LogP) is 4.94. The highest BCUT2D eigenvalue weighted by Crippen LogP contribution is 2.44. The highest BCUT2D eigenvalue weighted by Gasteiger charge is 2.35. The van der Waals surface area contributed by atoms with E-state index in [2.05, 4.69) is 6.92 Å². The molecular weight excluding hydrogens is 397 g/mol. The summed E-state index contributed by atoms with van der Waals surface area (Å²) in [6.07, 6.45) is -4.44. The first-order valence-electron chi connectivity index (χ1n) is 8.33. The molecule has 0 radical (unpaired) electrons. The summed E-state index contributed by atoms with van der Waals surface area (Å²) in [5.41, 5.74) is 0.364. The van der Waals surface area contributed by atoms with Gasteiger partial charge in [-0.3, -0.25) is 0 Å². The van der Waals surface area contributed by atoms with Crippen LogP contribution < -0.4 is 4.90 Å². The van der Waals surface area contributed by atoms with Crippen molar-refractivity contribution >= 4 is 34.6 Å². The normalized spacial score (nSPS) is 17.1. The minimum Gasteiger partial charge on any atom is -0.339 e. The first-order valence-corrected chi connectivity index (χ1v) is 9.48. The number of para-hydroxylation sites is 1. The lowest BCUT2D eigenvalue weighted by molar-refractivity contribution is -0.137. The maximum atomic E-state index is 13.2. The Labute approximate surface area is 166 Å². The van der Waals surface area contributed by atoms with Crippen molar-refractivity contribution in [2.75, 3.05) is 32.1 Å². The fourth-order valence-electron chi connectivity index (χ4n) is 3.34. The van der Waals surface area contributed by atoms with Crippen LogP contribution >= 0.6 is 12.4 Å². The van der Waals surface area contributed by atoms with Gasteiger partial charge in [0.2, 0.25) is 0 Å². The molecule has 0 saturated carbocycles. The second-order valence-electron chi connectivity index (χ2n) is 6.89. The lowest BCUT2D eigenvalue weighted by Crippen LogP contribution is -2.33. The SMILES string of the molecule is CC(CN(C)C)CN1c2ccccc2S(=O)c2ccc(C(F)(F)F)cc21.Cl. The number of halogens is 4. The van der Waals surface area contributed by atoms with Crippen LogP contribution in [0, 0.1) is 5.92 Å². The average Bonchev–Trinajstić information content (AvgIpc) is 2.56. The van der Waals surface area contributed by atoms with E-state index in [1.54, 1.807) is 12.1 Å². The van der Waals surface area contributed by atoms with Gasteiger partial charge in [-0.15, -0.1) is 12.4 Å². The molecule has 2 unspecified atom stereocenters. The third-order valence-corrected chi connectivity index (χ3v) is 5.79. The monoisotopic (exact) mass is 418 g/mol. The summed E-state index contributed by atoms with van der Waals surface area (Å²) < 4.78 is 52.5. The average molecular weight is 419 g/mol. The summed E-state index contributed by atoms with van der Waals surface area (Å²) in [6.45, 7) is 3.40. The van der Waals surface area contributed by atoms with E-state index in [4.69, 9.17) is 0 Å². The highest BCUT2D eigenvalue weighted by atomic mass is 35.5. The summed E-state index contributed by atoms with van der Waals surface area (Å²) in [7, 11) is 2.44. The van der Waals surface area contributed by atoms with Gasteiger partial charge in [-0.1, -0.05) is 19.1 Å². The lowest BCUT2D eigenvalue weighted by Gasteiger charge is -2.35. The van der Waals surface area contributed by atoms with Gasteiger partial charge in [-0.2, -0.15) is 13.2 Å². The van der Waals surface area contributed by atoms with Gasteiger partial charge in [0.1, 0.15) is 0 Å². The van der Waals surface area contributed by atoms with Gasteiger partial charge >= 0.3 is 6.18 Å². The molecule has 2 aromatic carbocycles. The van der Waals surface area contributed by atoms with E-state index in [1.165, 1.54) is 6.07 Å². The minimum absolute atomic E-state index is 0. The maximum Gasteiger partial charge on any atom is 0.416 e. The molecule has 3 nitrogen and oxygen atoms in total. The molecule has 3 rings (SSSR count).